The van der Waals surface area contributed by atoms with Crippen LogP contribution in [0.15, 0.2) is 0 Å². The number of ether oxygens (including phenoxy) is 2. The van der Waals surface area contributed by atoms with E-state index in [1.165, 1.54) is 0 Å². The van der Waals surface area contributed by atoms with Crippen LogP contribution in [0.3, 0.4) is 0 Å². The first-order chi connectivity index (χ1) is 5.68. The maximum atomic E-state index is 5.45. The number of hydrogen-bond donors (Lipinski definition) is 0. The van der Waals surface area contributed by atoms with Gasteiger partial charge in [-0.3, -0.25) is 0 Å². The highest BCUT2D eigenvalue weighted by Gasteiger charge is 2.17. The van der Waals surface area contributed by atoms with Gasteiger partial charge in [-0.15, -0.1) is 11.8 Å². The zero-order chi connectivity index (χ0) is 8.97. The van der Waals surface area contributed by atoms with Crippen molar-refractivity contribution in [2.24, 2.45) is 0 Å². The summed E-state index contributed by atoms with van der Waals surface area (Å²) in [5.74, 6) is 0.936. The van der Waals surface area contributed by atoms with Gasteiger partial charge >= 0.3 is 0 Å². The molecule has 0 unspecified atom stereocenters. The highest BCUT2D eigenvalue weighted by atomic mass is 32.2. The van der Waals surface area contributed by atoms with E-state index in [9.17, 15) is 0 Å². The summed E-state index contributed by atoms with van der Waals surface area (Å²) in [4.78, 5) is 0. The molecule has 0 bridgehead atoms. The molecule has 1 saturated heterocycles. The normalized spacial score (nSPS) is 24.9. The third-order valence-electron chi connectivity index (χ3n) is 1.48. The van der Waals surface area contributed by atoms with E-state index in [-0.39, 0.29) is 12.2 Å². The van der Waals surface area contributed by atoms with Gasteiger partial charge in [-0.1, -0.05) is 12.2 Å². The molecular weight excluding hydrogens is 192 g/mol. The topological polar surface area (TPSA) is 18.5 Å². The highest BCUT2D eigenvalue weighted by molar-refractivity contribution is 8.23. The molecule has 0 aromatic carbocycles. The molecular formula is C8H14O2S2. The van der Waals surface area contributed by atoms with Crippen molar-refractivity contribution in [2.45, 2.75) is 26.1 Å². The average molecular weight is 206 g/mol. The van der Waals surface area contributed by atoms with Gasteiger partial charge in [0.15, 0.2) is 0 Å². The molecule has 12 heavy (non-hydrogen) atoms. The van der Waals surface area contributed by atoms with Gasteiger partial charge in [-0.05, 0) is 13.8 Å². The minimum absolute atomic E-state index is 0.226. The van der Waals surface area contributed by atoms with Crippen molar-refractivity contribution in [3.8, 4) is 0 Å². The van der Waals surface area contributed by atoms with Crippen LogP contribution in [0.4, 0.5) is 0 Å². The van der Waals surface area contributed by atoms with E-state index in [0.29, 0.717) is 13.2 Å². The van der Waals surface area contributed by atoms with Crippen LogP contribution >= 0.6 is 24.0 Å². The molecule has 70 valence electrons. The Morgan fingerprint density at radius 2 is 2.50 bits per heavy atom. The second kappa shape index (κ2) is 5.17. The van der Waals surface area contributed by atoms with Crippen molar-refractivity contribution in [1.29, 1.82) is 0 Å². The second-order valence-electron chi connectivity index (χ2n) is 3.00. The van der Waals surface area contributed by atoms with Gasteiger partial charge in [0.1, 0.15) is 0 Å². The van der Waals surface area contributed by atoms with Crippen molar-refractivity contribution in [1.82, 2.24) is 0 Å². The van der Waals surface area contributed by atoms with E-state index in [0.717, 1.165) is 9.95 Å². The van der Waals surface area contributed by atoms with Crippen LogP contribution in [0.25, 0.3) is 0 Å². The minimum atomic E-state index is 0.226. The minimum Gasteiger partial charge on any atom is -0.376 e. The lowest BCUT2D eigenvalue weighted by Gasteiger charge is -2.23. The molecule has 0 aliphatic carbocycles. The quantitative estimate of drug-likeness (QED) is 0.656. The maximum Gasteiger partial charge on any atom is 0.0907 e. The van der Waals surface area contributed by atoms with Gasteiger partial charge < -0.3 is 9.47 Å². The molecule has 1 heterocycles. The molecule has 0 radical (unpaired) electrons. The summed E-state index contributed by atoms with van der Waals surface area (Å²) in [7, 11) is 0. The van der Waals surface area contributed by atoms with E-state index in [4.69, 9.17) is 21.7 Å². The van der Waals surface area contributed by atoms with Gasteiger partial charge in [-0.25, -0.2) is 0 Å². The molecule has 0 aromatic heterocycles. The summed E-state index contributed by atoms with van der Waals surface area (Å²) in [6.07, 6.45) is 0.511. The van der Waals surface area contributed by atoms with E-state index >= 15 is 0 Å². The molecule has 1 aliphatic rings. The van der Waals surface area contributed by atoms with Crippen molar-refractivity contribution >= 4 is 28.2 Å². The van der Waals surface area contributed by atoms with Gasteiger partial charge in [-0.2, -0.15) is 0 Å². The zero-order valence-electron chi connectivity index (χ0n) is 7.41. The van der Waals surface area contributed by atoms with Crippen LogP contribution in [0.2, 0.25) is 0 Å². The van der Waals surface area contributed by atoms with Crippen molar-refractivity contribution in [3.63, 3.8) is 0 Å². The molecule has 1 rings (SSSR count). The Kier molecular flexibility index (Phi) is 4.50. The first-order valence-corrected chi connectivity index (χ1v) is 5.46. The maximum absolute atomic E-state index is 5.45. The molecule has 0 saturated carbocycles. The lowest BCUT2D eigenvalue weighted by atomic mass is 10.4. The van der Waals surface area contributed by atoms with E-state index in [1.54, 1.807) is 11.8 Å². The Labute approximate surface area is 83.0 Å². The summed E-state index contributed by atoms with van der Waals surface area (Å²) in [6, 6.07) is 0. The largest absolute Gasteiger partial charge is 0.376 e. The number of rotatable bonds is 3. The standard InChI is InChI=1S/C8H14O2S2/c1-6(2)9-3-7-5-12-8(11)4-10-7/h6-7H,3-5H2,1-2H3/t7-/m1/s1. The Morgan fingerprint density at radius 3 is 3.00 bits per heavy atom. The number of thiocarbonyl (C=S) groups is 1. The van der Waals surface area contributed by atoms with Crippen LogP contribution in [0.5, 0.6) is 0 Å². The molecule has 4 heteroatoms. The number of hydrogen-bond acceptors (Lipinski definition) is 4. The fourth-order valence-corrected chi connectivity index (χ4v) is 1.85. The first-order valence-electron chi connectivity index (χ1n) is 4.07. The second-order valence-corrected chi connectivity index (χ2v) is 4.86. The van der Waals surface area contributed by atoms with E-state index in [2.05, 4.69) is 0 Å². The lowest BCUT2D eigenvalue weighted by Crippen LogP contribution is -2.30. The predicted molar refractivity (Wildman–Crippen MR) is 55.9 cm³/mol. The van der Waals surface area contributed by atoms with Gasteiger partial charge in [0.05, 0.1) is 29.6 Å². The first kappa shape index (κ1) is 10.4. The monoisotopic (exact) mass is 206 g/mol. The van der Waals surface area contributed by atoms with Crippen molar-refractivity contribution in [3.05, 3.63) is 0 Å². The predicted octanol–water partition coefficient (Wildman–Crippen LogP) is 1.87. The zero-order valence-corrected chi connectivity index (χ0v) is 9.04. The highest BCUT2D eigenvalue weighted by Crippen LogP contribution is 2.16. The Bertz CT molecular complexity index is 149. The Balaban J connectivity index is 2.13. The summed E-state index contributed by atoms with van der Waals surface area (Å²) in [5, 5.41) is 0. The van der Waals surface area contributed by atoms with Crippen LogP contribution in [0.1, 0.15) is 13.8 Å². The molecule has 0 spiro atoms. The van der Waals surface area contributed by atoms with Gasteiger partial charge in [0.25, 0.3) is 0 Å². The Morgan fingerprint density at radius 1 is 1.75 bits per heavy atom. The molecule has 0 N–H and O–H groups in total. The molecule has 1 atom stereocenters. The lowest BCUT2D eigenvalue weighted by molar-refractivity contribution is -0.0133. The van der Waals surface area contributed by atoms with Crippen LogP contribution in [-0.2, 0) is 9.47 Å². The van der Waals surface area contributed by atoms with Crippen LogP contribution in [0, 0.1) is 0 Å². The van der Waals surface area contributed by atoms with Gasteiger partial charge in [0.2, 0.25) is 0 Å². The summed E-state index contributed by atoms with van der Waals surface area (Å²) in [6.45, 7) is 5.35. The molecule has 0 aromatic rings. The average Bonchev–Trinajstić information content (AvgIpc) is 2.03. The smallest absolute Gasteiger partial charge is 0.0907 e. The van der Waals surface area contributed by atoms with Crippen molar-refractivity contribution in [2.75, 3.05) is 19.0 Å². The fourth-order valence-electron chi connectivity index (χ4n) is 0.858. The summed E-state index contributed by atoms with van der Waals surface area (Å²) >= 11 is 6.70. The van der Waals surface area contributed by atoms with E-state index in [1.807, 2.05) is 13.8 Å². The van der Waals surface area contributed by atoms with Crippen LogP contribution in [-0.4, -0.2) is 35.4 Å². The third kappa shape index (κ3) is 3.85. The molecule has 1 fully saturated rings. The summed E-state index contributed by atoms with van der Waals surface area (Å²) < 4.78 is 11.8. The van der Waals surface area contributed by atoms with Crippen LogP contribution < -0.4 is 0 Å². The third-order valence-corrected chi connectivity index (χ3v) is 2.93. The molecule has 0 amide bonds. The number of thioether (sulfide) groups is 1. The van der Waals surface area contributed by atoms with E-state index < -0.39 is 0 Å². The Hall–Kier alpha value is 0.360. The molecule has 2 nitrogen and oxygen atoms in total. The molecule has 1 aliphatic heterocycles. The SMILES string of the molecule is CC(C)OC[C@@H]1CSC(=S)CO1. The summed E-state index contributed by atoms with van der Waals surface area (Å²) in [5.41, 5.74) is 0. The fraction of sp³-hybridized carbons (Fsp3) is 0.875. The van der Waals surface area contributed by atoms with Gasteiger partial charge in [0, 0.05) is 5.75 Å². The van der Waals surface area contributed by atoms with Crippen molar-refractivity contribution < 1.29 is 9.47 Å².